The van der Waals surface area contributed by atoms with Gasteiger partial charge in [-0.1, -0.05) is 36.4 Å². The van der Waals surface area contributed by atoms with Gasteiger partial charge in [-0.25, -0.2) is 0 Å². The Bertz CT molecular complexity index is 456. The summed E-state index contributed by atoms with van der Waals surface area (Å²) < 4.78 is 10.3. The molecule has 0 amide bonds. The Hall–Kier alpha value is -1.88. The summed E-state index contributed by atoms with van der Waals surface area (Å²) in [6.45, 7) is 0.458. The molecule has 0 aliphatic rings. The van der Waals surface area contributed by atoms with Crippen LogP contribution in [-0.2, 0) is 11.3 Å². The molecule has 4 heteroatoms. The number of hydrogen-bond acceptors (Lipinski definition) is 4. The SMILES string of the molecule is OCCOc1ccc(-c2ccc(COCO)cc2)cc1. The molecule has 106 valence electrons. The van der Waals surface area contributed by atoms with Gasteiger partial charge < -0.3 is 19.7 Å². The molecule has 0 aliphatic heterocycles. The monoisotopic (exact) mass is 274 g/mol. The molecule has 0 saturated carbocycles. The normalized spacial score (nSPS) is 10.5. The Morgan fingerprint density at radius 3 is 1.95 bits per heavy atom. The molecule has 0 saturated heterocycles. The summed E-state index contributed by atoms with van der Waals surface area (Å²) in [6.07, 6.45) is 0. The number of aliphatic hydroxyl groups is 2. The van der Waals surface area contributed by atoms with Gasteiger partial charge in [0.05, 0.1) is 13.2 Å². The summed E-state index contributed by atoms with van der Waals surface area (Å²) in [5.41, 5.74) is 3.22. The van der Waals surface area contributed by atoms with Crippen molar-refractivity contribution in [3.8, 4) is 16.9 Å². The van der Waals surface area contributed by atoms with Crippen molar-refractivity contribution < 1.29 is 19.7 Å². The van der Waals surface area contributed by atoms with Crippen molar-refractivity contribution in [3.63, 3.8) is 0 Å². The maximum absolute atomic E-state index is 8.70. The Morgan fingerprint density at radius 2 is 1.40 bits per heavy atom. The molecule has 0 atom stereocenters. The first-order chi connectivity index (χ1) is 9.83. The highest BCUT2D eigenvalue weighted by atomic mass is 16.6. The second-order valence-electron chi connectivity index (χ2n) is 4.27. The maximum Gasteiger partial charge on any atom is 0.144 e. The molecule has 2 aromatic rings. The summed E-state index contributed by atoms with van der Waals surface area (Å²) >= 11 is 0. The van der Waals surface area contributed by atoms with Crippen LogP contribution < -0.4 is 4.74 Å². The fourth-order valence-electron chi connectivity index (χ4n) is 1.86. The van der Waals surface area contributed by atoms with Crippen molar-refractivity contribution in [2.24, 2.45) is 0 Å². The zero-order valence-corrected chi connectivity index (χ0v) is 11.2. The predicted molar refractivity (Wildman–Crippen MR) is 76.3 cm³/mol. The fourth-order valence-corrected chi connectivity index (χ4v) is 1.86. The third kappa shape index (κ3) is 4.06. The average molecular weight is 274 g/mol. The Kier molecular flexibility index (Phi) is 5.55. The van der Waals surface area contributed by atoms with E-state index in [1.807, 2.05) is 48.5 Å². The minimum absolute atomic E-state index is 0.0130. The van der Waals surface area contributed by atoms with Crippen LogP contribution >= 0.6 is 0 Å². The van der Waals surface area contributed by atoms with Crippen molar-refractivity contribution in [3.05, 3.63) is 54.1 Å². The molecule has 0 bridgehead atoms. The smallest absolute Gasteiger partial charge is 0.144 e. The molecule has 0 fully saturated rings. The number of hydrogen-bond donors (Lipinski definition) is 2. The molecule has 2 aromatic carbocycles. The van der Waals surface area contributed by atoms with Gasteiger partial charge in [-0.3, -0.25) is 0 Å². The number of ether oxygens (including phenoxy) is 2. The molecule has 2 N–H and O–H groups in total. The van der Waals surface area contributed by atoms with E-state index in [-0.39, 0.29) is 13.4 Å². The van der Waals surface area contributed by atoms with Crippen LogP contribution in [0.4, 0.5) is 0 Å². The molecule has 0 radical (unpaired) electrons. The third-order valence-electron chi connectivity index (χ3n) is 2.86. The number of rotatable bonds is 7. The first-order valence-corrected chi connectivity index (χ1v) is 6.45. The summed E-state index contributed by atoms with van der Waals surface area (Å²) in [6, 6.07) is 15.7. The van der Waals surface area contributed by atoms with E-state index in [1.165, 1.54) is 0 Å². The molecule has 2 rings (SSSR count). The Labute approximate surface area is 118 Å². The number of benzene rings is 2. The van der Waals surface area contributed by atoms with Gasteiger partial charge in [0.15, 0.2) is 0 Å². The van der Waals surface area contributed by atoms with Crippen LogP contribution in [0.25, 0.3) is 11.1 Å². The Morgan fingerprint density at radius 1 is 0.800 bits per heavy atom. The predicted octanol–water partition coefficient (Wildman–Crippen LogP) is 2.19. The van der Waals surface area contributed by atoms with E-state index >= 15 is 0 Å². The van der Waals surface area contributed by atoms with Gasteiger partial charge in [-0.05, 0) is 28.8 Å². The summed E-state index contributed by atoms with van der Waals surface area (Å²) in [5, 5.41) is 17.3. The lowest BCUT2D eigenvalue weighted by Gasteiger charge is -2.07. The van der Waals surface area contributed by atoms with Gasteiger partial charge in [-0.2, -0.15) is 0 Å². The van der Waals surface area contributed by atoms with Crippen molar-refractivity contribution >= 4 is 0 Å². The summed E-state index contributed by atoms with van der Waals surface area (Å²) in [7, 11) is 0. The quantitative estimate of drug-likeness (QED) is 0.760. The van der Waals surface area contributed by atoms with Gasteiger partial charge in [-0.15, -0.1) is 0 Å². The van der Waals surface area contributed by atoms with Crippen molar-refractivity contribution in [2.75, 3.05) is 20.0 Å². The highest BCUT2D eigenvalue weighted by Crippen LogP contribution is 2.23. The highest BCUT2D eigenvalue weighted by molar-refractivity contribution is 5.64. The number of aliphatic hydroxyl groups excluding tert-OH is 2. The van der Waals surface area contributed by atoms with Crippen LogP contribution in [0.3, 0.4) is 0 Å². The Balaban J connectivity index is 2.03. The second kappa shape index (κ2) is 7.65. The minimum Gasteiger partial charge on any atom is -0.491 e. The van der Waals surface area contributed by atoms with E-state index in [9.17, 15) is 0 Å². The van der Waals surface area contributed by atoms with Crippen LogP contribution in [-0.4, -0.2) is 30.2 Å². The molecule has 0 aliphatic carbocycles. The largest absolute Gasteiger partial charge is 0.491 e. The van der Waals surface area contributed by atoms with Gasteiger partial charge in [0.1, 0.15) is 19.1 Å². The van der Waals surface area contributed by atoms with Crippen LogP contribution in [0.2, 0.25) is 0 Å². The van der Waals surface area contributed by atoms with Gasteiger partial charge in [0, 0.05) is 0 Å². The van der Waals surface area contributed by atoms with E-state index in [4.69, 9.17) is 19.7 Å². The van der Waals surface area contributed by atoms with E-state index in [0.29, 0.717) is 13.2 Å². The lowest BCUT2D eigenvalue weighted by molar-refractivity contribution is -0.0112. The van der Waals surface area contributed by atoms with Gasteiger partial charge >= 0.3 is 0 Å². The van der Waals surface area contributed by atoms with Crippen molar-refractivity contribution in [2.45, 2.75) is 6.61 Å². The highest BCUT2D eigenvalue weighted by Gasteiger charge is 2.00. The molecule has 4 nitrogen and oxygen atoms in total. The van der Waals surface area contributed by atoms with Crippen LogP contribution in [0, 0.1) is 0 Å². The zero-order chi connectivity index (χ0) is 14.2. The first kappa shape index (κ1) is 14.5. The van der Waals surface area contributed by atoms with Crippen LogP contribution in [0.5, 0.6) is 5.75 Å². The van der Waals surface area contributed by atoms with E-state index < -0.39 is 0 Å². The average Bonchev–Trinajstić information content (AvgIpc) is 2.52. The molecule has 0 heterocycles. The van der Waals surface area contributed by atoms with Gasteiger partial charge in [0.2, 0.25) is 0 Å². The molecule has 0 spiro atoms. The van der Waals surface area contributed by atoms with Crippen LogP contribution in [0.15, 0.2) is 48.5 Å². The molecule has 20 heavy (non-hydrogen) atoms. The minimum atomic E-state index is -0.267. The fraction of sp³-hybridized carbons (Fsp3) is 0.250. The lowest BCUT2D eigenvalue weighted by atomic mass is 10.0. The van der Waals surface area contributed by atoms with Gasteiger partial charge in [0.25, 0.3) is 0 Å². The lowest BCUT2D eigenvalue weighted by Crippen LogP contribution is -2.01. The van der Waals surface area contributed by atoms with Crippen molar-refractivity contribution in [1.82, 2.24) is 0 Å². The molecular formula is C16H18O4. The standard InChI is InChI=1S/C16H18O4/c17-9-10-20-16-7-5-15(6-8-16)14-3-1-13(2-4-14)11-19-12-18/h1-8,17-18H,9-12H2. The summed E-state index contributed by atoms with van der Waals surface area (Å²) in [4.78, 5) is 0. The van der Waals surface area contributed by atoms with E-state index in [0.717, 1.165) is 22.4 Å². The zero-order valence-electron chi connectivity index (χ0n) is 11.2. The van der Waals surface area contributed by atoms with E-state index in [1.54, 1.807) is 0 Å². The summed E-state index contributed by atoms with van der Waals surface area (Å²) in [5.74, 6) is 0.746. The van der Waals surface area contributed by atoms with E-state index in [2.05, 4.69) is 0 Å². The third-order valence-corrected chi connectivity index (χ3v) is 2.86. The maximum atomic E-state index is 8.70. The second-order valence-corrected chi connectivity index (χ2v) is 4.27. The topological polar surface area (TPSA) is 58.9 Å². The molecule has 0 aromatic heterocycles. The van der Waals surface area contributed by atoms with Crippen molar-refractivity contribution in [1.29, 1.82) is 0 Å². The first-order valence-electron chi connectivity index (χ1n) is 6.45. The molecular weight excluding hydrogens is 256 g/mol. The molecule has 0 unspecified atom stereocenters. The van der Waals surface area contributed by atoms with Crippen LogP contribution in [0.1, 0.15) is 5.56 Å².